The Morgan fingerprint density at radius 3 is 3.00 bits per heavy atom. The van der Waals surface area contributed by atoms with Gasteiger partial charge >= 0.3 is 0 Å². The topological polar surface area (TPSA) is 51.8 Å². The molecule has 2 rings (SSSR count). The zero-order valence-electron chi connectivity index (χ0n) is 9.26. The molecule has 0 radical (unpaired) electrons. The molecule has 17 heavy (non-hydrogen) atoms. The zero-order valence-corrected chi connectivity index (χ0v) is 11.6. The predicted octanol–water partition coefficient (Wildman–Crippen LogP) is 3.23. The summed E-state index contributed by atoms with van der Waals surface area (Å²) in [5.74, 6) is 0. The Morgan fingerprint density at radius 2 is 2.35 bits per heavy atom. The first kappa shape index (κ1) is 12.8. The highest BCUT2D eigenvalue weighted by Crippen LogP contribution is 2.32. The van der Waals surface area contributed by atoms with E-state index in [0.717, 1.165) is 26.2 Å². The fourth-order valence-corrected chi connectivity index (χ4v) is 3.17. The summed E-state index contributed by atoms with van der Waals surface area (Å²) in [6.07, 6.45) is 2.37. The van der Waals surface area contributed by atoms with E-state index in [-0.39, 0.29) is 6.04 Å². The highest BCUT2D eigenvalue weighted by Gasteiger charge is 2.09. The van der Waals surface area contributed by atoms with E-state index in [1.807, 2.05) is 25.1 Å². The Kier molecular flexibility index (Phi) is 4.39. The van der Waals surface area contributed by atoms with Crippen molar-refractivity contribution in [1.82, 2.24) is 9.36 Å². The highest BCUT2D eigenvalue weighted by molar-refractivity contribution is 8.01. The van der Waals surface area contributed by atoms with Crippen molar-refractivity contribution in [2.75, 3.05) is 0 Å². The number of aromatic nitrogens is 2. The Morgan fingerprint density at radius 1 is 1.53 bits per heavy atom. The summed E-state index contributed by atoms with van der Waals surface area (Å²) < 4.78 is 4.91. The van der Waals surface area contributed by atoms with E-state index in [9.17, 15) is 0 Å². The van der Waals surface area contributed by atoms with Crippen molar-refractivity contribution in [3.63, 3.8) is 0 Å². The minimum Gasteiger partial charge on any atom is -0.328 e. The van der Waals surface area contributed by atoms with Crippen LogP contribution in [0.3, 0.4) is 0 Å². The number of benzene rings is 1. The van der Waals surface area contributed by atoms with E-state index < -0.39 is 0 Å². The zero-order chi connectivity index (χ0) is 12.3. The molecule has 1 unspecified atom stereocenters. The van der Waals surface area contributed by atoms with Crippen LogP contribution in [0.25, 0.3) is 0 Å². The molecule has 1 heterocycles. The molecule has 6 heteroatoms. The molecule has 1 aromatic heterocycles. The second-order valence-electron chi connectivity index (χ2n) is 3.74. The van der Waals surface area contributed by atoms with Crippen LogP contribution in [0.4, 0.5) is 0 Å². The molecular weight excluding hydrogens is 274 g/mol. The van der Waals surface area contributed by atoms with Gasteiger partial charge in [-0.1, -0.05) is 23.4 Å². The first-order chi connectivity index (χ1) is 8.15. The van der Waals surface area contributed by atoms with Gasteiger partial charge in [-0.05, 0) is 48.6 Å². The molecule has 0 aliphatic carbocycles. The van der Waals surface area contributed by atoms with Gasteiger partial charge in [0.05, 0.1) is 0 Å². The number of hydrogen-bond acceptors (Lipinski definition) is 5. The smallest absolute Gasteiger partial charge is 0.174 e. The molecule has 90 valence electrons. The standard InChI is InChI=1S/C11H12ClN3S2/c1-7(13)4-8-5-9(12)2-3-10(8)16-11-14-6-15-17-11/h2-3,5-7H,4,13H2,1H3. The first-order valence-corrected chi connectivity index (χ1v) is 7.10. The lowest BCUT2D eigenvalue weighted by Crippen LogP contribution is -2.18. The van der Waals surface area contributed by atoms with Crippen molar-refractivity contribution in [1.29, 1.82) is 0 Å². The summed E-state index contributed by atoms with van der Waals surface area (Å²) in [4.78, 5) is 5.30. The van der Waals surface area contributed by atoms with E-state index in [1.165, 1.54) is 11.5 Å². The van der Waals surface area contributed by atoms with Crippen LogP contribution in [0, 0.1) is 0 Å². The van der Waals surface area contributed by atoms with Crippen LogP contribution in [-0.2, 0) is 6.42 Å². The lowest BCUT2D eigenvalue weighted by atomic mass is 10.1. The number of rotatable bonds is 4. The summed E-state index contributed by atoms with van der Waals surface area (Å²) >= 11 is 9.00. The van der Waals surface area contributed by atoms with Crippen LogP contribution in [0.5, 0.6) is 0 Å². The SMILES string of the molecule is CC(N)Cc1cc(Cl)ccc1Sc1ncns1. The van der Waals surface area contributed by atoms with E-state index in [0.29, 0.717) is 0 Å². The normalized spacial score (nSPS) is 12.6. The van der Waals surface area contributed by atoms with Crippen molar-refractivity contribution in [3.8, 4) is 0 Å². The molecular formula is C11H12ClN3S2. The number of nitrogens with two attached hydrogens (primary N) is 1. The number of halogens is 1. The average molecular weight is 286 g/mol. The van der Waals surface area contributed by atoms with Gasteiger partial charge in [0, 0.05) is 16.0 Å². The molecule has 0 spiro atoms. The van der Waals surface area contributed by atoms with Crippen LogP contribution in [0.2, 0.25) is 5.02 Å². The van der Waals surface area contributed by atoms with Gasteiger partial charge in [0.15, 0.2) is 4.34 Å². The molecule has 1 aromatic carbocycles. The highest BCUT2D eigenvalue weighted by atomic mass is 35.5. The summed E-state index contributed by atoms with van der Waals surface area (Å²) in [7, 11) is 0. The average Bonchev–Trinajstić information content (AvgIpc) is 2.74. The van der Waals surface area contributed by atoms with Gasteiger partial charge in [0.25, 0.3) is 0 Å². The van der Waals surface area contributed by atoms with Gasteiger partial charge in [0.1, 0.15) is 6.33 Å². The van der Waals surface area contributed by atoms with Crippen molar-refractivity contribution in [2.24, 2.45) is 5.73 Å². The number of hydrogen-bond donors (Lipinski definition) is 1. The maximum absolute atomic E-state index is 6.01. The molecule has 0 amide bonds. The largest absolute Gasteiger partial charge is 0.328 e. The molecule has 2 aromatic rings. The number of nitrogens with zero attached hydrogens (tertiary/aromatic N) is 2. The molecule has 0 saturated heterocycles. The Hall–Kier alpha value is -0.620. The fraction of sp³-hybridized carbons (Fsp3) is 0.273. The van der Waals surface area contributed by atoms with Gasteiger partial charge in [-0.15, -0.1) is 0 Å². The van der Waals surface area contributed by atoms with Gasteiger partial charge < -0.3 is 5.73 Å². The van der Waals surface area contributed by atoms with Crippen molar-refractivity contribution >= 4 is 34.9 Å². The van der Waals surface area contributed by atoms with E-state index in [1.54, 1.807) is 18.1 Å². The molecule has 3 nitrogen and oxygen atoms in total. The van der Waals surface area contributed by atoms with Gasteiger partial charge in [-0.2, -0.15) is 4.37 Å². The predicted molar refractivity (Wildman–Crippen MR) is 72.8 cm³/mol. The van der Waals surface area contributed by atoms with E-state index in [4.69, 9.17) is 17.3 Å². The summed E-state index contributed by atoms with van der Waals surface area (Å²) in [5, 5.41) is 0.738. The Bertz CT molecular complexity index is 485. The molecule has 1 atom stereocenters. The second-order valence-corrected chi connectivity index (χ2v) is 6.25. The van der Waals surface area contributed by atoms with Gasteiger partial charge in [0.2, 0.25) is 0 Å². The Balaban J connectivity index is 2.25. The van der Waals surface area contributed by atoms with Gasteiger partial charge in [-0.25, -0.2) is 4.98 Å². The monoisotopic (exact) mass is 285 g/mol. The lowest BCUT2D eigenvalue weighted by molar-refractivity contribution is 0.729. The van der Waals surface area contributed by atoms with Crippen molar-refractivity contribution < 1.29 is 0 Å². The van der Waals surface area contributed by atoms with Crippen molar-refractivity contribution in [3.05, 3.63) is 35.1 Å². The van der Waals surface area contributed by atoms with Gasteiger partial charge in [-0.3, -0.25) is 0 Å². The third-order valence-corrected chi connectivity index (χ3v) is 4.17. The van der Waals surface area contributed by atoms with Crippen LogP contribution in [0.15, 0.2) is 33.8 Å². The minimum absolute atomic E-state index is 0.113. The minimum atomic E-state index is 0.113. The van der Waals surface area contributed by atoms with E-state index in [2.05, 4.69) is 9.36 Å². The summed E-state index contributed by atoms with van der Waals surface area (Å²) in [6, 6.07) is 5.97. The maximum atomic E-state index is 6.01. The van der Waals surface area contributed by atoms with Crippen LogP contribution in [-0.4, -0.2) is 15.4 Å². The summed E-state index contributed by atoms with van der Waals surface area (Å²) in [5.41, 5.74) is 7.00. The fourth-order valence-electron chi connectivity index (χ4n) is 1.46. The summed E-state index contributed by atoms with van der Waals surface area (Å²) in [6.45, 7) is 1.99. The molecule has 0 fully saturated rings. The molecule has 0 bridgehead atoms. The molecule has 2 N–H and O–H groups in total. The third-order valence-electron chi connectivity index (χ3n) is 2.10. The molecule has 0 saturated carbocycles. The third kappa shape index (κ3) is 3.67. The quantitative estimate of drug-likeness (QED) is 0.937. The Labute approximate surface area is 114 Å². The maximum Gasteiger partial charge on any atom is 0.174 e. The van der Waals surface area contributed by atoms with Crippen LogP contribution in [0.1, 0.15) is 12.5 Å². The first-order valence-electron chi connectivity index (χ1n) is 5.13. The van der Waals surface area contributed by atoms with E-state index >= 15 is 0 Å². The second kappa shape index (κ2) is 5.82. The van der Waals surface area contributed by atoms with Crippen molar-refractivity contribution in [2.45, 2.75) is 28.6 Å². The molecule has 0 aliphatic heterocycles. The molecule has 0 aliphatic rings. The van der Waals surface area contributed by atoms with Crippen LogP contribution < -0.4 is 5.73 Å². The van der Waals surface area contributed by atoms with Crippen LogP contribution >= 0.6 is 34.9 Å². The lowest BCUT2D eigenvalue weighted by Gasteiger charge is -2.10.